The first-order chi connectivity index (χ1) is 18.8. The Bertz CT molecular complexity index is 1450. The van der Waals surface area contributed by atoms with E-state index in [9.17, 15) is 4.79 Å². The van der Waals surface area contributed by atoms with Crippen molar-refractivity contribution in [2.75, 3.05) is 25.5 Å². The van der Waals surface area contributed by atoms with Crippen molar-refractivity contribution in [3.05, 3.63) is 53.3 Å². The van der Waals surface area contributed by atoms with Gasteiger partial charge in [0.15, 0.2) is 5.71 Å². The van der Waals surface area contributed by atoms with Gasteiger partial charge in [-0.1, -0.05) is 22.7 Å². The molecule has 0 atom stereocenters. The number of aromatic nitrogens is 2. The average Bonchev–Trinajstić information content (AvgIpc) is 2.85. The number of rotatable bonds is 9. The second-order valence-corrected chi connectivity index (χ2v) is 15.8. The van der Waals surface area contributed by atoms with Crippen LogP contribution in [0.25, 0.3) is 10.9 Å². The van der Waals surface area contributed by atoms with Gasteiger partial charge in [0.05, 0.1) is 17.1 Å². The number of halogens is 1. The largest absolute Gasteiger partial charge is 0.543 e. The summed E-state index contributed by atoms with van der Waals surface area (Å²) in [6.45, 7) is 14.0. The zero-order valence-corrected chi connectivity index (χ0v) is 26.0. The van der Waals surface area contributed by atoms with Crippen LogP contribution in [0, 0.1) is 11.8 Å². The second kappa shape index (κ2) is 13.0. The molecular weight excluding hydrogens is 546 g/mol. The topological polar surface area (TPSA) is 98.2 Å². The number of nitrogens with one attached hydrogen (secondary N) is 1. The van der Waals surface area contributed by atoms with E-state index in [1.54, 1.807) is 14.0 Å². The van der Waals surface area contributed by atoms with E-state index in [0.717, 1.165) is 22.2 Å². The van der Waals surface area contributed by atoms with Crippen LogP contribution < -0.4 is 9.74 Å². The lowest BCUT2D eigenvalue weighted by atomic mass is 10.1. The number of benzene rings is 2. The molecule has 9 nitrogen and oxygen atoms in total. The van der Waals surface area contributed by atoms with Crippen LogP contribution in [-0.2, 0) is 9.57 Å². The Morgan fingerprint density at radius 3 is 2.55 bits per heavy atom. The van der Waals surface area contributed by atoms with Gasteiger partial charge in [0.2, 0.25) is 8.32 Å². The summed E-state index contributed by atoms with van der Waals surface area (Å²) in [5.74, 6) is 7.13. The maximum absolute atomic E-state index is 12.1. The van der Waals surface area contributed by atoms with Gasteiger partial charge in [-0.25, -0.2) is 14.8 Å². The van der Waals surface area contributed by atoms with Gasteiger partial charge in [0, 0.05) is 23.7 Å². The highest BCUT2D eigenvalue weighted by molar-refractivity contribution is 6.70. The minimum Gasteiger partial charge on any atom is -0.543 e. The smallest absolute Gasteiger partial charge is 0.410 e. The number of nitrogens with zero attached hydrogens (tertiary/aromatic N) is 4. The number of amides is 1. The summed E-state index contributed by atoms with van der Waals surface area (Å²) in [7, 11) is -0.149. The van der Waals surface area contributed by atoms with Crippen LogP contribution in [0.15, 0.2) is 47.9 Å². The van der Waals surface area contributed by atoms with Crippen LogP contribution in [0.1, 0.15) is 33.3 Å². The molecule has 0 aliphatic heterocycles. The first-order valence-corrected chi connectivity index (χ1v) is 16.6. The molecule has 11 heteroatoms. The second-order valence-electron chi connectivity index (χ2n) is 11.0. The third kappa shape index (κ3) is 9.14. The van der Waals surface area contributed by atoms with Crippen LogP contribution in [0.2, 0.25) is 24.7 Å². The molecule has 1 amide bonds. The summed E-state index contributed by atoms with van der Waals surface area (Å²) in [5, 5.41) is 8.86. The number of ether oxygens (including phenoxy) is 1. The first-order valence-electron chi connectivity index (χ1n) is 12.8. The van der Waals surface area contributed by atoms with Gasteiger partial charge >= 0.3 is 6.09 Å². The lowest BCUT2D eigenvalue weighted by Crippen LogP contribution is -2.35. The normalized spacial score (nSPS) is 11.9. The van der Waals surface area contributed by atoms with Gasteiger partial charge in [0.1, 0.15) is 30.1 Å². The molecule has 3 rings (SSSR count). The summed E-state index contributed by atoms with van der Waals surface area (Å²) >= 11 is 6.50. The summed E-state index contributed by atoms with van der Waals surface area (Å²) < 4.78 is 11.4. The fourth-order valence-corrected chi connectivity index (χ4v) is 4.54. The highest BCUT2D eigenvalue weighted by Crippen LogP contribution is 2.32. The van der Waals surface area contributed by atoms with Crippen LogP contribution in [-0.4, -0.2) is 60.8 Å². The summed E-state index contributed by atoms with van der Waals surface area (Å²) in [6.07, 6.45) is 1.07. The first kappa shape index (κ1) is 30.7. The predicted molar refractivity (Wildman–Crippen MR) is 163 cm³/mol. The molecule has 0 saturated carbocycles. The molecule has 1 heterocycles. The van der Waals surface area contributed by atoms with Gasteiger partial charge < -0.3 is 24.2 Å². The molecule has 0 saturated heterocycles. The van der Waals surface area contributed by atoms with E-state index in [1.165, 1.54) is 11.2 Å². The highest BCUT2D eigenvalue weighted by Gasteiger charge is 2.20. The van der Waals surface area contributed by atoms with E-state index in [4.69, 9.17) is 25.6 Å². The SMILES string of the molecule is CC#C/C(=N/OCCN(C)C(=O)OC(C)(C)C)c1ccc2ncnc(Nc3ccc(O[Si](C)(C)C)c(Cl)c3)c2c1. The van der Waals surface area contributed by atoms with E-state index in [0.29, 0.717) is 28.8 Å². The van der Waals surface area contributed by atoms with Crippen molar-refractivity contribution >= 4 is 54.1 Å². The minimum absolute atomic E-state index is 0.173. The Hall–Kier alpha value is -3.81. The fourth-order valence-electron chi connectivity index (χ4n) is 3.42. The Labute approximate surface area is 242 Å². The molecule has 0 aliphatic rings. The molecule has 0 radical (unpaired) electrons. The van der Waals surface area contributed by atoms with E-state index in [1.807, 2.05) is 57.2 Å². The Kier molecular flexibility index (Phi) is 10.0. The number of carbonyl (C=O) groups excluding carboxylic acids is 1. The molecule has 0 bridgehead atoms. The number of hydrogen-bond acceptors (Lipinski definition) is 8. The number of fused-ring (bicyclic) bond motifs is 1. The van der Waals surface area contributed by atoms with E-state index < -0.39 is 20.0 Å². The highest BCUT2D eigenvalue weighted by atomic mass is 35.5. The minimum atomic E-state index is -1.79. The van der Waals surface area contributed by atoms with Crippen LogP contribution in [0.4, 0.5) is 16.3 Å². The van der Waals surface area contributed by atoms with Crippen LogP contribution in [0.5, 0.6) is 5.75 Å². The Morgan fingerprint density at radius 1 is 1.15 bits per heavy atom. The van der Waals surface area contributed by atoms with Crippen molar-refractivity contribution in [3.63, 3.8) is 0 Å². The van der Waals surface area contributed by atoms with Gasteiger partial charge in [-0.2, -0.15) is 0 Å². The maximum atomic E-state index is 12.1. The Morgan fingerprint density at radius 2 is 1.90 bits per heavy atom. The molecule has 1 N–H and O–H groups in total. The standard InChI is InChI=1S/C29H36ClN5O4Si/c1-9-10-24(34-37-16-15-35(5)28(36)38-29(2,3)4)20-11-13-25-22(17-20)27(32-19-31-25)33-21-12-14-26(23(30)18-21)39-40(6,7)8/h11-14,17-19H,15-16H2,1-8H3,(H,31,32,33)/b34-24-. The molecular formula is C29H36ClN5O4Si. The molecule has 1 aromatic heterocycles. The molecule has 2 aromatic carbocycles. The third-order valence-corrected chi connectivity index (χ3v) is 6.27. The van der Waals surface area contributed by atoms with E-state index in [-0.39, 0.29) is 6.61 Å². The molecule has 0 spiro atoms. The molecule has 212 valence electrons. The lowest BCUT2D eigenvalue weighted by molar-refractivity contribution is 0.0236. The number of oxime groups is 1. The number of likely N-dealkylation sites (N-methyl/N-ethyl adjacent to an activating group) is 1. The monoisotopic (exact) mass is 581 g/mol. The van der Waals surface area contributed by atoms with Crippen LogP contribution in [0.3, 0.4) is 0 Å². The van der Waals surface area contributed by atoms with Crippen LogP contribution >= 0.6 is 11.6 Å². The van der Waals surface area contributed by atoms with Crippen molar-refractivity contribution in [2.45, 2.75) is 52.9 Å². The molecule has 40 heavy (non-hydrogen) atoms. The predicted octanol–water partition coefficient (Wildman–Crippen LogP) is 6.85. The molecule has 0 aliphatic carbocycles. The van der Waals surface area contributed by atoms with E-state index >= 15 is 0 Å². The molecule has 0 fully saturated rings. The Balaban J connectivity index is 1.79. The van der Waals surface area contributed by atoms with Crippen molar-refractivity contribution in [1.29, 1.82) is 0 Å². The van der Waals surface area contributed by atoms with Gasteiger partial charge in [-0.05, 0) is 89.7 Å². The van der Waals surface area contributed by atoms with E-state index in [2.05, 4.69) is 51.9 Å². The van der Waals surface area contributed by atoms with Crippen molar-refractivity contribution in [3.8, 4) is 17.6 Å². The number of anilines is 2. The third-order valence-electron chi connectivity index (χ3n) is 5.14. The van der Waals surface area contributed by atoms with Gasteiger partial charge in [0.25, 0.3) is 0 Å². The summed E-state index contributed by atoms with van der Waals surface area (Å²) in [6, 6.07) is 11.2. The van der Waals surface area contributed by atoms with Gasteiger partial charge in [-0.15, -0.1) is 0 Å². The lowest BCUT2D eigenvalue weighted by Gasteiger charge is -2.24. The summed E-state index contributed by atoms with van der Waals surface area (Å²) in [4.78, 5) is 27.9. The van der Waals surface area contributed by atoms with Gasteiger partial charge in [-0.3, -0.25) is 0 Å². The molecule has 0 unspecified atom stereocenters. The summed E-state index contributed by atoms with van der Waals surface area (Å²) in [5.41, 5.74) is 2.11. The fraction of sp³-hybridized carbons (Fsp3) is 0.379. The maximum Gasteiger partial charge on any atom is 0.410 e. The van der Waals surface area contributed by atoms with Crippen molar-refractivity contribution in [2.24, 2.45) is 5.16 Å². The quantitative estimate of drug-likeness (QED) is 0.0969. The zero-order chi connectivity index (χ0) is 29.5. The van der Waals surface area contributed by atoms with Crippen molar-refractivity contribution < 1.29 is 18.8 Å². The number of hydrogen-bond donors (Lipinski definition) is 1. The van der Waals surface area contributed by atoms with Crippen molar-refractivity contribution in [1.82, 2.24) is 14.9 Å². The average molecular weight is 582 g/mol. The zero-order valence-electron chi connectivity index (χ0n) is 24.3. The number of carbonyl (C=O) groups is 1. The molecule has 3 aromatic rings.